The van der Waals surface area contributed by atoms with Gasteiger partial charge in [-0.2, -0.15) is 0 Å². The van der Waals surface area contributed by atoms with Crippen molar-refractivity contribution in [1.29, 1.82) is 0 Å². The molecule has 4 rings (SSSR count). The number of rotatable bonds is 3. The number of pyridine rings is 1. The Morgan fingerprint density at radius 3 is 2.52 bits per heavy atom. The first kappa shape index (κ1) is 17.2. The van der Waals surface area contributed by atoms with E-state index in [4.69, 9.17) is 0 Å². The summed E-state index contributed by atoms with van der Waals surface area (Å²) >= 11 is 0. The van der Waals surface area contributed by atoms with Gasteiger partial charge in [-0.25, -0.2) is 0 Å². The zero-order chi connectivity index (χ0) is 19.0. The van der Waals surface area contributed by atoms with Crippen LogP contribution in [-0.2, 0) is 0 Å². The molecule has 27 heavy (non-hydrogen) atoms. The lowest BCUT2D eigenvalue weighted by molar-refractivity contribution is -0.384. The minimum absolute atomic E-state index is 0.0753. The van der Waals surface area contributed by atoms with E-state index in [0.29, 0.717) is 5.39 Å². The van der Waals surface area contributed by atoms with E-state index < -0.39 is 4.92 Å². The first-order valence-electron chi connectivity index (χ1n) is 8.82. The Kier molecular flexibility index (Phi) is 4.33. The van der Waals surface area contributed by atoms with Gasteiger partial charge in [0.25, 0.3) is 11.2 Å². The first-order valence-corrected chi connectivity index (χ1v) is 8.82. The lowest BCUT2D eigenvalue weighted by Gasteiger charge is -2.23. The molecule has 0 saturated heterocycles. The van der Waals surface area contributed by atoms with E-state index in [-0.39, 0.29) is 11.2 Å². The van der Waals surface area contributed by atoms with Gasteiger partial charge in [-0.05, 0) is 42.6 Å². The summed E-state index contributed by atoms with van der Waals surface area (Å²) in [5.74, 6) is 0. The molecule has 0 fully saturated rings. The Labute approximate surface area is 156 Å². The Morgan fingerprint density at radius 1 is 1.07 bits per heavy atom. The molecule has 2 heterocycles. The van der Waals surface area contributed by atoms with Crippen molar-refractivity contribution >= 4 is 22.0 Å². The van der Waals surface area contributed by atoms with E-state index in [1.165, 1.54) is 12.1 Å². The van der Waals surface area contributed by atoms with Crippen molar-refractivity contribution in [1.82, 2.24) is 9.47 Å². The summed E-state index contributed by atoms with van der Waals surface area (Å²) in [6, 6.07) is 13.9. The van der Waals surface area contributed by atoms with Gasteiger partial charge in [0.1, 0.15) is 0 Å². The predicted octanol–water partition coefficient (Wildman–Crippen LogP) is 3.62. The van der Waals surface area contributed by atoms with Gasteiger partial charge in [0.15, 0.2) is 0 Å². The average molecular weight is 361 g/mol. The van der Waals surface area contributed by atoms with Crippen LogP contribution in [0.2, 0.25) is 0 Å². The van der Waals surface area contributed by atoms with Crippen LogP contribution in [0.3, 0.4) is 0 Å². The van der Waals surface area contributed by atoms with Gasteiger partial charge < -0.3 is 4.90 Å². The SMILES string of the molecule is CN1CC=C(c2cn(-c3ccccc3)c(=O)c3cc([N+](=O)[O-])ccc23)CC1. The van der Waals surface area contributed by atoms with Crippen molar-refractivity contribution in [3.8, 4) is 5.69 Å². The molecule has 0 N–H and O–H groups in total. The van der Waals surface area contributed by atoms with Gasteiger partial charge in [0.05, 0.1) is 10.3 Å². The highest BCUT2D eigenvalue weighted by Gasteiger charge is 2.18. The summed E-state index contributed by atoms with van der Waals surface area (Å²) in [5.41, 5.74) is 2.53. The first-order chi connectivity index (χ1) is 13.0. The van der Waals surface area contributed by atoms with Crippen LogP contribution in [0.15, 0.2) is 65.6 Å². The number of benzene rings is 2. The van der Waals surface area contributed by atoms with Crippen LogP contribution in [0.1, 0.15) is 12.0 Å². The van der Waals surface area contributed by atoms with Gasteiger partial charge >= 0.3 is 0 Å². The molecule has 1 aliphatic heterocycles. The zero-order valence-corrected chi connectivity index (χ0v) is 15.0. The van der Waals surface area contributed by atoms with Crippen molar-refractivity contribution in [2.24, 2.45) is 0 Å². The van der Waals surface area contributed by atoms with Crippen molar-refractivity contribution in [3.63, 3.8) is 0 Å². The maximum atomic E-state index is 13.1. The van der Waals surface area contributed by atoms with Gasteiger partial charge in [-0.1, -0.05) is 24.3 Å². The van der Waals surface area contributed by atoms with Crippen molar-refractivity contribution in [3.05, 3.63) is 86.8 Å². The number of likely N-dealkylation sites (N-methyl/N-ethyl adjacent to an activating group) is 1. The average Bonchev–Trinajstić information content (AvgIpc) is 2.69. The van der Waals surface area contributed by atoms with Gasteiger partial charge in [-0.3, -0.25) is 19.5 Å². The fourth-order valence-corrected chi connectivity index (χ4v) is 3.50. The quantitative estimate of drug-likeness (QED) is 0.528. The Morgan fingerprint density at radius 2 is 1.85 bits per heavy atom. The molecular formula is C21H19N3O3. The van der Waals surface area contributed by atoms with Crippen LogP contribution in [0.25, 0.3) is 22.0 Å². The lowest BCUT2D eigenvalue weighted by atomic mass is 9.95. The predicted molar refractivity (Wildman–Crippen MR) is 106 cm³/mol. The number of nitro groups is 1. The number of hydrogen-bond donors (Lipinski definition) is 0. The molecule has 0 bridgehead atoms. The summed E-state index contributed by atoms with van der Waals surface area (Å²) < 4.78 is 1.58. The molecule has 6 nitrogen and oxygen atoms in total. The summed E-state index contributed by atoms with van der Waals surface area (Å²) in [5, 5.41) is 12.3. The molecule has 1 aliphatic rings. The van der Waals surface area contributed by atoms with Crippen LogP contribution in [0.5, 0.6) is 0 Å². The largest absolute Gasteiger partial charge is 0.302 e. The van der Waals surface area contributed by atoms with Crippen molar-refractivity contribution in [2.75, 3.05) is 20.1 Å². The molecule has 1 aromatic heterocycles. The summed E-state index contributed by atoms with van der Waals surface area (Å²) in [4.78, 5) is 26.1. The molecule has 0 radical (unpaired) electrons. The van der Waals surface area contributed by atoms with E-state index in [1.54, 1.807) is 10.6 Å². The van der Waals surface area contributed by atoms with E-state index in [1.807, 2.05) is 36.5 Å². The highest BCUT2D eigenvalue weighted by atomic mass is 16.6. The monoisotopic (exact) mass is 361 g/mol. The molecule has 0 unspecified atom stereocenters. The Bertz CT molecular complexity index is 1120. The smallest absolute Gasteiger partial charge is 0.270 e. The number of para-hydroxylation sites is 1. The van der Waals surface area contributed by atoms with Gasteiger partial charge in [0, 0.05) is 42.7 Å². The molecule has 0 amide bonds. The van der Waals surface area contributed by atoms with E-state index in [0.717, 1.165) is 41.7 Å². The maximum absolute atomic E-state index is 13.1. The Hall–Kier alpha value is -3.25. The van der Waals surface area contributed by atoms with Gasteiger partial charge in [0.2, 0.25) is 0 Å². The number of aromatic nitrogens is 1. The highest BCUT2D eigenvalue weighted by Crippen LogP contribution is 2.30. The second kappa shape index (κ2) is 6.81. The molecule has 0 aliphatic carbocycles. The van der Waals surface area contributed by atoms with Crippen molar-refractivity contribution < 1.29 is 4.92 Å². The number of fused-ring (bicyclic) bond motifs is 1. The van der Waals surface area contributed by atoms with E-state index in [2.05, 4.69) is 18.0 Å². The molecule has 6 heteroatoms. The molecule has 3 aromatic rings. The highest BCUT2D eigenvalue weighted by molar-refractivity contribution is 5.94. The summed E-state index contributed by atoms with van der Waals surface area (Å²) in [6.45, 7) is 1.78. The molecular weight excluding hydrogens is 342 g/mol. The molecule has 0 spiro atoms. The second-order valence-corrected chi connectivity index (χ2v) is 6.78. The third kappa shape index (κ3) is 3.15. The fraction of sp³-hybridized carbons (Fsp3) is 0.190. The minimum atomic E-state index is -0.465. The standard InChI is InChI=1S/C21H19N3O3/c1-22-11-9-15(10-12-22)20-14-23(16-5-3-2-4-6-16)21(25)19-13-17(24(26)27)7-8-18(19)20/h2-9,13-14H,10-12H2,1H3. The molecule has 0 atom stereocenters. The van der Waals surface area contributed by atoms with Crippen LogP contribution in [-0.4, -0.2) is 34.5 Å². The maximum Gasteiger partial charge on any atom is 0.270 e. The van der Waals surface area contributed by atoms with Gasteiger partial charge in [-0.15, -0.1) is 0 Å². The third-order valence-corrected chi connectivity index (χ3v) is 5.00. The Balaban J connectivity index is 2.03. The number of non-ortho nitro benzene ring substituents is 1. The zero-order valence-electron chi connectivity index (χ0n) is 15.0. The van der Waals surface area contributed by atoms with Crippen LogP contribution < -0.4 is 5.56 Å². The fourth-order valence-electron chi connectivity index (χ4n) is 3.50. The number of nitro benzene ring substituents is 1. The van der Waals surface area contributed by atoms with Crippen LogP contribution >= 0.6 is 0 Å². The van der Waals surface area contributed by atoms with Crippen LogP contribution in [0, 0.1) is 10.1 Å². The second-order valence-electron chi connectivity index (χ2n) is 6.78. The topological polar surface area (TPSA) is 68.4 Å². The molecule has 2 aromatic carbocycles. The molecule has 136 valence electrons. The third-order valence-electron chi connectivity index (χ3n) is 5.00. The van der Waals surface area contributed by atoms with E-state index in [9.17, 15) is 14.9 Å². The minimum Gasteiger partial charge on any atom is -0.302 e. The molecule has 0 saturated carbocycles. The number of nitrogens with zero attached hydrogens (tertiary/aromatic N) is 3. The van der Waals surface area contributed by atoms with Crippen molar-refractivity contribution in [2.45, 2.75) is 6.42 Å². The lowest BCUT2D eigenvalue weighted by Crippen LogP contribution is -2.24. The summed E-state index contributed by atoms with van der Waals surface area (Å²) in [6.07, 6.45) is 4.90. The normalized spacial score (nSPS) is 14.9. The van der Waals surface area contributed by atoms with E-state index >= 15 is 0 Å². The van der Waals surface area contributed by atoms with Crippen LogP contribution in [0.4, 0.5) is 5.69 Å². The number of hydrogen-bond acceptors (Lipinski definition) is 4. The summed E-state index contributed by atoms with van der Waals surface area (Å²) in [7, 11) is 2.07.